The Kier molecular flexibility index (Phi) is 5.08. The summed E-state index contributed by atoms with van der Waals surface area (Å²) in [6.45, 7) is 1.76. The van der Waals surface area contributed by atoms with Crippen molar-refractivity contribution in [3.05, 3.63) is 24.3 Å². The Bertz CT molecular complexity index is 469. The number of nitrogens with zero attached hydrogens (tertiary/aromatic N) is 3. The highest BCUT2D eigenvalue weighted by atomic mass is 16.4. The van der Waals surface area contributed by atoms with Gasteiger partial charge in [-0.05, 0) is 18.6 Å². The van der Waals surface area contributed by atoms with Gasteiger partial charge in [0.2, 0.25) is 5.89 Å². The second kappa shape index (κ2) is 7.03. The van der Waals surface area contributed by atoms with Crippen molar-refractivity contribution >= 4 is 0 Å². The van der Waals surface area contributed by atoms with Crippen LogP contribution in [0.2, 0.25) is 0 Å². The lowest BCUT2D eigenvalue weighted by atomic mass is 10.4. The van der Waals surface area contributed by atoms with E-state index in [4.69, 9.17) is 19.0 Å². The molecule has 2 heterocycles. The average Bonchev–Trinajstić information content (AvgIpc) is 3.06. The smallest absolute Gasteiger partial charge is 0.283 e. The van der Waals surface area contributed by atoms with Gasteiger partial charge in [0, 0.05) is 19.7 Å². The topological polar surface area (TPSA) is 95.8 Å². The van der Waals surface area contributed by atoms with Crippen LogP contribution in [-0.4, -0.2) is 51.6 Å². The maximum absolute atomic E-state index is 8.98. The van der Waals surface area contributed by atoms with Crippen LogP contribution in [0, 0.1) is 0 Å². The molecular formula is C12H17N3O4. The van der Waals surface area contributed by atoms with E-state index in [-0.39, 0.29) is 13.2 Å². The van der Waals surface area contributed by atoms with Gasteiger partial charge in [0.05, 0.1) is 19.4 Å². The molecule has 0 aliphatic heterocycles. The Morgan fingerprint density at radius 2 is 2.05 bits per heavy atom. The molecule has 2 aromatic heterocycles. The third-order valence-corrected chi connectivity index (χ3v) is 2.61. The van der Waals surface area contributed by atoms with Gasteiger partial charge in [-0.3, -0.25) is 4.90 Å². The molecule has 2 rings (SSSR count). The van der Waals surface area contributed by atoms with Crippen molar-refractivity contribution in [2.75, 3.05) is 26.3 Å². The number of hydrogen-bond donors (Lipinski definition) is 2. The molecule has 0 atom stereocenters. The van der Waals surface area contributed by atoms with Gasteiger partial charge in [-0.2, -0.15) is 0 Å². The van der Waals surface area contributed by atoms with Crippen LogP contribution >= 0.6 is 0 Å². The third-order valence-electron chi connectivity index (χ3n) is 2.61. The SMILES string of the molecule is OCCCN(CCO)Cc1nnc(-c2ccco2)o1. The molecule has 19 heavy (non-hydrogen) atoms. The maximum Gasteiger partial charge on any atom is 0.283 e. The van der Waals surface area contributed by atoms with Gasteiger partial charge in [0.1, 0.15) is 0 Å². The second-order valence-electron chi connectivity index (χ2n) is 4.06. The Hall–Kier alpha value is -1.70. The summed E-state index contributed by atoms with van der Waals surface area (Å²) in [5.41, 5.74) is 0. The van der Waals surface area contributed by atoms with E-state index in [1.54, 1.807) is 18.4 Å². The van der Waals surface area contributed by atoms with Crippen molar-refractivity contribution in [1.29, 1.82) is 0 Å². The standard InChI is InChI=1S/C12H17N3O4/c16-6-2-4-15(5-7-17)9-11-13-14-12(19-11)10-3-1-8-18-10/h1,3,8,16-17H,2,4-7,9H2. The summed E-state index contributed by atoms with van der Waals surface area (Å²) >= 11 is 0. The molecular weight excluding hydrogens is 250 g/mol. The van der Waals surface area contributed by atoms with Gasteiger partial charge in [-0.1, -0.05) is 0 Å². The first-order chi connectivity index (χ1) is 9.33. The van der Waals surface area contributed by atoms with Crippen molar-refractivity contribution in [3.8, 4) is 11.7 Å². The minimum absolute atomic E-state index is 0.0462. The average molecular weight is 267 g/mol. The van der Waals surface area contributed by atoms with E-state index in [1.165, 1.54) is 0 Å². The number of hydrogen-bond acceptors (Lipinski definition) is 7. The summed E-state index contributed by atoms with van der Waals surface area (Å²) in [6, 6.07) is 3.49. The molecule has 7 heteroatoms. The molecule has 0 radical (unpaired) electrons. The van der Waals surface area contributed by atoms with E-state index in [0.29, 0.717) is 43.6 Å². The lowest BCUT2D eigenvalue weighted by Gasteiger charge is -2.18. The quantitative estimate of drug-likeness (QED) is 0.719. The van der Waals surface area contributed by atoms with Crippen LogP contribution in [0.25, 0.3) is 11.7 Å². The highest BCUT2D eigenvalue weighted by molar-refractivity contribution is 5.42. The van der Waals surface area contributed by atoms with Crippen LogP contribution in [0.4, 0.5) is 0 Å². The first kappa shape index (κ1) is 13.7. The van der Waals surface area contributed by atoms with Gasteiger partial charge in [-0.15, -0.1) is 10.2 Å². The second-order valence-corrected chi connectivity index (χ2v) is 4.06. The van der Waals surface area contributed by atoms with Crippen LogP contribution in [0.15, 0.2) is 27.2 Å². The molecule has 0 fully saturated rings. The lowest BCUT2D eigenvalue weighted by Crippen LogP contribution is -2.28. The van der Waals surface area contributed by atoms with E-state index in [1.807, 2.05) is 4.90 Å². The Balaban J connectivity index is 1.97. The number of aliphatic hydroxyl groups excluding tert-OH is 2. The molecule has 2 aromatic rings. The fraction of sp³-hybridized carbons (Fsp3) is 0.500. The van der Waals surface area contributed by atoms with E-state index >= 15 is 0 Å². The number of aliphatic hydroxyl groups is 2. The Morgan fingerprint density at radius 3 is 2.74 bits per heavy atom. The van der Waals surface area contributed by atoms with E-state index in [0.717, 1.165) is 0 Å². The van der Waals surface area contributed by atoms with Crippen molar-refractivity contribution < 1.29 is 19.0 Å². The van der Waals surface area contributed by atoms with Crippen LogP contribution in [-0.2, 0) is 6.54 Å². The highest BCUT2D eigenvalue weighted by Gasteiger charge is 2.13. The van der Waals surface area contributed by atoms with Gasteiger partial charge in [-0.25, -0.2) is 0 Å². The van der Waals surface area contributed by atoms with E-state index < -0.39 is 0 Å². The molecule has 0 bridgehead atoms. The van der Waals surface area contributed by atoms with Crippen LogP contribution < -0.4 is 0 Å². The zero-order chi connectivity index (χ0) is 13.5. The molecule has 0 aliphatic carbocycles. The number of furan rings is 1. The molecule has 0 aliphatic rings. The van der Waals surface area contributed by atoms with Crippen molar-refractivity contribution in [3.63, 3.8) is 0 Å². The van der Waals surface area contributed by atoms with Gasteiger partial charge in [0.15, 0.2) is 5.76 Å². The van der Waals surface area contributed by atoms with Crippen LogP contribution in [0.1, 0.15) is 12.3 Å². The summed E-state index contributed by atoms with van der Waals surface area (Å²) in [4.78, 5) is 1.94. The third kappa shape index (κ3) is 3.88. The van der Waals surface area contributed by atoms with E-state index in [2.05, 4.69) is 10.2 Å². The van der Waals surface area contributed by atoms with Crippen molar-refractivity contribution in [1.82, 2.24) is 15.1 Å². The largest absolute Gasteiger partial charge is 0.459 e. The minimum atomic E-state index is 0.0462. The van der Waals surface area contributed by atoms with Crippen molar-refractivity contribution in [2.24, 2.45) is 0 Å². The molecule has 0 unspecified atom stereocenters. The Labute approximate surface area is 110 Å². The first-order valence-electron chi connectivity index (χ1n) is 6.14. The Morgan fingerprint density at radius 1 is 1.16 bits per heavy atom. The summed E-state index contributed by atoms with van der Waals surface area (Å²) in [5.74, 6) is 1.33. The molecule has 7 nitrogen and oxygen atoms in total. The molecule has 2 N–H and O–H groups in total. The minimum Gasteiger partial charge on any atom is -0.459 e. The zero-order valence-electron chi connectivity index (χ0n) is 10.5. The molecule has 0 aromatic carbocycles. The lowest BCUT2D eigenvalue weighted by molar-refractivity contribution is 0.164. The zero-order valence-corrected chi connectivity index (χ0v) is 10.5. The summed E-state index contributed by atoms with van der Waals surface area (Å²) < 4.78 is 10.7. The predicted molar refractivity (Wildman–Crippen MR) is 66.1 cm³/mol. The fourth-order valence-corrected chi connectivity index (χ4v) is 1.71. The monoisotopic (exact) mass is 267 g/mol. The van der Waals surface area contributed by atoms with Gasteiger partial charge < -0.3 is 19.0 Å². The first-order valence-corrected chi connectivity index (χ1v) is 6.14. The number of aromatic nitrogens is 2. The van der Waals surface area contributed by atoms with Gasteiger partial charge >= 0.3 is 0 Å². The van der Waals surface area contributed by atoms with Crippen LogP contribution in [0.3, 0.4) is 0 Å². The number of rotatable bonds is 8. The maximum atomic E-state index is 8.98. The summed E-state index contributed by atoms with van der Waals surface area (Å²) in [5, 5.41) is 25.7. The normalized spacial score (nSPS) is 11.3. The predicted octanol–water partition coefficient (Wildman–Crippen LogP) is 0.506. The van der Waals surface area contributed by atoms with E-state index in [9.17, 15) is 0 Å². The molecule has 0 saturated carbocycles. The summed E-state index contributed by atoms with van der Waals surface area (Å²) in [6.07, 6.45) is 2.18. The molecule has 0 saturated heterocycles. The van der Waals surface area contributed by atoms with Gasteiger partial charge in [0.25, 0.3) is 5.89 Å². The molecule has 0 amide bonds. The van der Waals surface area contributed by atoms with Crippen LogP contribution in [0.5, 0.6) is 0 Å². The fourth-order valence-electron chi connectivity index (χ4n) is 1.71. The molecule has 104 valence electrons. The highest BCUT2D eigenvalue weighted by Crippen LogP contribution is 2.18. The molecule has 0 spiro atoms. The summed E-state index contributed by atoms with van der Waals surface area (Å²) in [7, 11) is 0. The van der Waals surface area contributed by atoms with Crippen molar-refractivity contribution in [2.45, 2.75) is 13.0 Å².